The molecule has 0 unspecified atom stereocenters. The normalized spacial score (nSPS) is 29.4. The van der Waals surface area contributed by atoms with Crippen LogP contribution in [-0.4, -0.2) is 12.4 Å². The van der Waals surface area contributed by atoms with Gasteiger partial charge in [-0.25, -0.2) is 0 Å². The minimum Gasteiger partial charge on any atom is -0.465 e. The highest BCUT2D eigenvalue weighted by Crippen LogP contribution is 2.39. The van der Waals surface area contributed by atoms with Crippen LogP contribution < -0.4 is 0 Å². The zero-order chi connectivity index (χ0) is 7.03. The third-order valence-corrected chi connectivity index (χ3v) is 2.19. The van der Waals surface area contributed by atoms with Crippen molar-refractivity contribution in [1.82, 2.24) is 0 Å². The molecular formula is C8H12O2. The summed E-state index contributed by atoms with van der Waals surface area (Å²) in [4.78, 5) is 0. The Hall–Kier alpha value is -0.500. The lowest BCUT2D eigenvalue weighted by Crippen LogP contribution is -2.24. The van der Waals surface area contributed by atoms with Gasteiger partial charge in [0.25, 0.3) is 0 Å². The van der Waals surface area contributed by atoms with Gasteiger partial charge in [0.05, 0.1) is 0 Å². The van der Waals surface area contributed by atoms with Gasteiger partial charge in [-0.05, 0) is 12.8 Å². The van der Waals surface area contributed by atoms with Crippen molar-refractivity contribution in [3.05, 3.63) is 12.3 Å². The minimum atomic E-state index is -0.239. The number of hydrogen-bond donors (Lipinski definition) is 0. The summed E-state index contributed by atoms with van der Waals surface area (Å²) in [5.41, 5.74) is 0. The monoisotopic (exact) mass is 140 g/mol. The molecule has 0 aromatic rings. The molecule has 2 heteroatoms. The molecule has 1 aliphatic carbocycles. The molecule has 2 nitrogen and oxygen atoms in total. The number of rotatable bonds is 0. The molecule has 0 N–H and O–H groups in total. The molecule has 0 amide bonds. The summed E-state index contributed by atoms with van der Waals surface area (Å²) in [5.74, 6) is 0.554. The molecule has 0 radical (unpaired) electrons. The van der Waals surface area contributed by atoms with Crippen molar-refractivity contribution < 1.29 is 9.47 Å². The standard InChI is InChI=1S/C8H12O2/c1-7-6-9-8(10-7)4-2-3-5-8/h1-6H2. The van der Waals surface area contributed by atoms with Crippen molar-refractivity contribution in [1.29, 1.82) is 0 Å². The van der Waals surface area contributed by atoms with Crippen LogP contribution in [0.2, 0.25) is 0 Å². The van der Waals surface area contributed by atoms with Crippen LogP contribution in [0.1, 0.15) is 25.7 Å². The largest absolute Gasteiger partial charge is 0.465 e. The summed E-state index contributed by atoms with van der Waals surface area (Å²) in [5, 5.41) is 0. The third kappa shape index (κ3) is 0.833. The minimum absolute atomic E-state index is 0.239. The Morgan fingerprint density at radius 2 is 2.00 bits per heavy atom. The van der Waals surface area contributed by atoms with Crippen molar-refractivity contribution in [3.63, 3.8) is 0 Å². The molecule has 2 fully saturated rings. The molecule has 0 bridgehead atoms. The van der Waals surface area contributed by atoms with E-state index in [9.17, 15) is 0 Å². The molecule has 0 atom stereocenters. The molecule has 1 saturated carbocycles. The van der Waals surface area contributed by atoms with E-state index in [4.69, 9.17) is 9.47 Å². The average molecular weight is 140 g/mol. The fraction of sp³-hybridized carbons (Fsp3) is 0.750. The molecule has 0 aromatic carbocycles. The van der Waals surface area contributed by atoms with E-state index >= 15 is 0 Å². The van der Waals surface area contributed by atoms with Crippen molar-refractivity contribution in [2.75, 3.05) is 6.61 Å². The highest BCUT2D eigenvalue weighted by molar-refractivity contribution is 4.95. The maximum Gasteiger partial charge on any atom is 0.210 e. The van der Waals surface area contributed by atoms with Crippen LogP contribution in [0.5, 0.6) is 0 Å². The summed E-state index contributed by atoms with van der Waals surface area (Å²) in [7, 11) is 0. The molecule has 1 saturated heterocycles. The van der Waals surface area contributed by atoms with Crippen molar-refractivity contribution in [2.45, 2.75) is 31.5 Å². The summed E-state index contributed by atoms with van der Waals surface area (Å²) >= 11 is 0. The van der Waals surface area contributed by atoms with Gasteiger partial charge < -0.3 is 9.47 Å². The molecule has 1 heterocycles. The zero-order valence-corrected chi connectivity index (χ0v) is 6.06. The van der Waals surface area contributed by atoms with Gasteiger partial charge >= 0.3 is 0 Å². The Kier molecular flexibility index (Phi) is 1.24. The van der Waals surface area contributed by atoms with Crippen LogP contribution in [0.15, 0.2) is 12.3 Å². The Morgan fingerprint density at radius 1 is 1.30 bits per heavy atom. The Labute approximate surface area is 60.8 Å². The van der Waals surface area contributed by atoms with E-state index < -0.39 is 0 Å². The van der Waals surface area contributed by atoms with Crippen LogP contribution >= 0.6 is 0 Å². The van der Waals surface area contributed by atoms with Gasteiger partial charge in [-0.2, -0.15) is 0 Å². The molecule has 2 aliphatic rings. The predicted molar refractivity (Wildman–Crippen MR) is 37.4 cm³/mol. The Bertz CT molecular complexity index is 157. The van der Waals surface area contributed by atoms with Crippen molar-refractivity contribution in [3.8, 4) is 0 Å². The first-order valence-electron chi connectivity index (χ1n) is 3.82. The lowest BCUT2D eigenvalue weighted by atomic mass is 10.2. The maximum absolute atomic E-state index is 5.49. The lowest BCUT2D eigenvalue weighted by molar-refractivity contribution is -0.141. The summed E-state index contributed by atoms with van der Waals surface area (Å²) < 4.78 is 11.0. The SMILES string of the molecule is C=C1COC2(CCCC2)O1. The van der Waals surface area contributed by atoms with Crippen LogP contribution in [0, 0.1) is 0 Å². The smallest absolute Gasteiger partial charge is 0.210 e. The average Bonchev–Trinajstić information content (AvgIpc) is 2.46. The Morgan fingerprint density at radius 3 is 2.50 bits per heavy atom. The summed E-state index contributed by atoms with van der Waals surface area (Å²) in [6.07, 6.45) is 4.55. The predicted octanol–water partition coefficient (Wildman–Crippen LogP) is 1.82. The molecule has 0 aromatic heterocycles. The van der Waals surface area contributed by atoms with Gasteiger partial charge in [-0.3, -0.25) is 0 Å². The number of hydrogen-bond acceptors (Lipinski definition) is 2. The molecule has 2 rings (SSSR count). The maximum atomic E-state index is 5.49. The molecule has 1 aliphatic heterocycles. The second-order valence-electron chi connectivity index (χ2n) is 3.05. The number of ether oxygens (including phenoxy) is 2. The Balaban J connectivity index is 2.09. The van der Waals surface area contributed by atoms with E-state index in [1.165, 1.54) is 12.8 Å². The van der Waals surface area contributed by atoms with Gasteiger partial charge in [-0.15, -0.1) is 0 Å². The van der Waals surface area contributed by atoms with Crippen molar-refractivity contribution >= 4 is 0 Å². The first kappa shape index (κ1) is 6.23. The van der Waals surface area contributed by atoms with Gasteiger partial charge in [0.1, 0.15) is 12.4 Å². The third-order valence-electron chi connectivity index (χ3n) is 2.19. The van der Waals surface area contributed by atoms with E-state index in [1.807, 2.05) is 0 Å². The fourth-order valence-corrected chi connectivity index (χ4v) is 1.69. The lowest BCUT2D eigenvalue weighted by Gasteiger charge is -2.20. The van der Waals surface area contributed by atoms with Crippen LogP contribution in [0.4, 0.5) is 0 Å². The summed E-state index contributed by atoms with van der Waals surface area (Å²) in [6, 6.07) is 0. The second-order valence-corrected chi connectivity index (χ2v) is 3.05. The second kappa shape index (κ2) is 1.99. The van der Waals surface area contributed by atoms with E-state index in [-0.39, 0.29) is 5.79 Å². The molecule has 1 spiro atoms. The highest BCUT2D eigenvalue weighted by atomic mass is 16.7. The molecular weight excluding hydrogens is 128 g/mol. The van der Waals surface area contributed by atoms with Crippen LogP contribution in [-0.2, 0) is 9.47 Å². The first-order valence-corrected chi connectivity index (χ1v) is 3.82. The van der Waals surface area contributed by atoms with E-state index in [0.29, 0.717) is 6.61 Å². The van der Waals surface area contributed by atoms with Gasteiger partial charge in [0.15, 0.2) is 0 Å². The fourth-order valence-electron chi connectivity index (χ4n) is 1.69. The first-order chi connectivity index (χ1) is 4.81. The van der Waals surface area contributed by atoms with E-state index in [1.54, 1.807) is 0 Å². The van der Waals surface area contributed by atoms with Crippen LogP contribution in [0.3, 0.4) is 0 Å². The zero-order valence-electron chi connectivity index (χ0n) is 6.06. The van der Waals surface area contributed by atoms with E-state index in [0.717, 1.165) is 18.6 Å². The quantitative estimate of drug-likeness (QED) is 0.511. The highest BCUT2D eigenvalue weighted by Gasteiger charge is 2.41. The van der Waals surface area contributed by atoms with Gasteiger partial charge in [-0.1, -0.05) is 6.58 Å². The van der Waals surface area contributed by atoms with Crippen LogP contribution in [0.25, 0.3) is 0 Å². The van der Waals surface area contributed by atoms with E-state index in [2.05, 4.69) is 6.58 Å². The molecule has 10 heavy (non-hydrogen) atoms. The topological polar surface area (TPSA) is 18.5 Å². The van der Waals surface area contributed by atoms with Crippen molar-refractivity contribution in [2.24, 2.45) is 0 Å². The van der Waals surface area contributed by atoms with Gasteiger partial charge in [0, 0.05) is 12.8 Å². The summed E-state index contributed by atoms with van der Waals surface area (Å²) in [6.45, 7) is 4.32. The van der Waals surface area contributed by atoms with Gasteiger partial charge in [0.2, 0.25) is 5.79 Å². The molecule has 56 valence electrons.